The van der Waals surface area contributed by atoms with Gasteiger partial charge in [0.05, 0.1) is 11.3 Å². The summed E-state index contributed by atoms with van der Waals surface area (Å²) in [6.45, 7) is 1.89. The van der Waals surface area contributed by atoms with Crippen molar-refractivity contribution < 1.29 is 9.59 Å². The molecule has 6 nitrogen and oxygen atoms in total. The van der Waals surface area contributed by atoms with E-state index < -0.39 is 0 Å². The second kappa shape index (κ2) is 10.1. The molecule has 2 fully saturated rings. The molecule has 0 aliphatic carbocycles. The van der Waals surface area contributed by atoms with Crippen molar-refractivity contribution in [3.8, 4) is 0 Å². The zero-order chi connectivity index (χ0) is 18.8. The van der Waals surface area contributed by atoms with Crippen molar-refractivity contribution in [3.05, 3.63) is 59.4 Å². The Morgan fingerprint density at radius 3 is 2.31 bits per heavy atom. The zero-order valence-corrected chi connectivity index (χ0v) is 17.8. The van der Waals surface area contributed by atoms with Gasteiger partial charge in [0.1, 0.15) is 0 Å². The molecule has 0 radical (unpaired) electrons. The first-order valence-electron chi connectivity index (χ1n) is 9.48. The van der Waals surface area contributed by atoms with E-state index in [9.17, 15) is 9.59 Å². The molecule has 2 unspecified atom stereocenters. The molecule has 156 valence electrons. The number of carbonyl (C=O) groups is 2. The Balaban J connectivity index is 0.00000150. The summed E-state index contributed by atoms with van der Waals surface area (Å²) in [5, 5.41) is 9.66. The smallest absolute Gasteiger partial charge is 0.255 e. The summed E-state index contributed by atoms with van der Waals surface area (Å²) in [7, 11) is 0. The van der Waals surface area contributed by atoms with E-state index in [2.05, 4.69) is 20.9 Å². The van der Waals surface area contributed by atoms with Crippen LogP contribution in [-0.4, -0.2) is 34.9 Å². The molecule has 2 atom stereocenters. The first-order valence-corrected chi connectivity index (χ1v) is 9.48. The molecule has 8 heteroatoms. The first kappa shape index (κ1) is 23.1. The second-order valence-corrected chi connectivity index (χ2v) is 7.47. The molecule has 3 N–H and O–H groups in total. The third kappa shape index (κ3) is 5.26. The monoisotopic (exact) mass is 436 g/mol. The van der Waals surface area contributed by atoms with Crippen LogP contribution in [0.1, 0.15) is 52.0 Å². The number of hydrogen-bond donors (Lipinski definition) is 3. The predicted molar refractivity (Wildman–Crippen MR) is 118 cm³/mol. The molecule has 3 heterocycles. The molecule has 1 aromatic carbocycles. The lowest BCUT2D eigenvalue weighted by atomic mass is 9.99. The fraction of sp³-hybridized carbons (Fsp3) is 0.381. The molecular weight excluding hydrogens is 411 g/mol. The number of piperidine rings is 1. The summed E-state index contributed by atoms with van der Waals surface area (Å²) in [4.78, 5) is 29.4. The van der Waals surface area contributed by atoms with Crippen molar-refractivity contribution in [2.24, 2.45) is 0 Å². The lowest BCUT2D eigenvalue weighted by Gasteiger charge is -2.30. The van der Waals surface area contributed by atoms with Gasteiger partial charge in [-0.15, -0.1) is 24.8 Å². The van der Waals surface area contributed by atoms with Gasteiger partial charge in [-0.2, -0.15) is 0 Å². The Morgan fingerprint density at radius 2 is 1.66 bits per heavy atom. The van der Waals surface area contributed by atoms with Gasteiger partial charge in [-0.3, -0.25) is 14.6 Å². The van der Waals surface area contributed by atoms with Crippen LogP contribution in [0.2, 0.25) is 0 Å². The standard InChI is InChI=1S/C21H24N4O2.2ClH/c1-13-3-2-4-18(19(13)25-20(26)14-7-9-22-10-8-14)21(27)24-17-11-15-5-6-16(12-17)23-15;;/h2-4,7-10,15-17,23H,5-6,11-12H2,1H3,(H,24,27)(H,25,26);2*1H. The van der Waals surface area contributed by atoms with E-state index in [1.165, 1.54) is 12.8 Å². The van der Waals surface area contributed by atoms with Crippen LogP contribution in [0.4, 0.5) is 5.69 Å². The lowest BCUT2D eigenvalue weighted by Crippen LogP contribution is -2.48. The van der Waals surface area contributed by atoms with Gasteiger partial charge in [0.25, 0.3) is 11.8 Å². The number of benzene rings is 1. The quantitative estimate of drug-likeness (QED) is 0.684. The maximum absolute atomic E-state index is 12.9. The van der Waals surface area contributed by atoms with Gasteiger partial charge < -0.3 is 16.0 Å². The highest BCUT2D eigenvalue weighted by Crippen LogP contribution is 2.28. The second-order valence-electron chi connectivity index (χ2n) is 7.47. The largest absolute Gasteiger partial charge is 0.349 e. The summed E-state index contributed by atoms with van der Waals surface area (Å²) in [6, 6.07) is 10.0. The lowest BCUT2D eigenvalue weighted by molar-refractivity contribution is 0.0925. The van der Waals surface area contributed by atoms with E-state index >= 15 is 0 Å². The molecule has 2 bridgehead atoms. The number of para-hydroxylation sites is 1. The highest BCUT2D eigenvalue weighted by molar-refractivity contribution is 6.09. The van der Waals surface area contributed by atoms with Crippen LogP contribution >= 0.6 is 24.8 Å². The van der Waals surface area contributed by atoms with Gasteiger partial charge in [0.15, 0.2) is 0 Å². The van der Waals surface area contributed by atoms with E-state index in [1.54, 1.807) is 30.6 Å². The minimum absolute atomic E-state index is 0. The van der Waals surface area contributed by atoms with Crippen LogP contribution in [0.5, 0.6) is 0 Å². The van der Waals surface area contributed by atoms with E-state index in [1.807, 2.05) is 19.1 Å². The van der Waals surface area contributed by atoms with Gasteiger partial charge in [-0.25, -0.2) is 0 Å². The molecule has 29 heavy (non-hydrogen) atoms. The van der Waals surface area contributed by atoms with Crippen LogP contribution < -0.4 is 16.0 Å². The minimum atomic E-state index is -0.249. The van der Waals surface area contributed by atoms with Crippen molar-refractivity contribution in [2.75, 3.05) is 5.32 Å². The normalized spacial score (nSPS) is 22.0. The summed E-state index contributed by atoms with van der Waals surface area (Å²) >= 11 is 0. The van der Waals surface area contributed by atoms with Crippen molar-refractivity contribution >= 4 is 42.3 Å². The van der Waals surface area contributed by atoms with Gasteiger partial charge >= 0.3 is 0 Å². The van der Waals surface area contributed by atoms with E-state index in [0.29, 0.717) is 28.9 Å². The summed E-state index contributed by atoms with van der Waals surface area (Å²) in [5.74, 6) is -0.379. The molecular formula is C21H26Cl2N4O2. The molecule has 2 saturated heterocycles. The van der Waals surface area contributed by atoms with Crippen molar-refractivity contribution in [2.45, 2.75) is 50.7 Å². The molecule has 2 aromatic rings. The topological polar surface area (TPSA) is 83.1 Å². The van der Waals surface area contributed by atoms with Crippen molar-refractivity contribution in [1.82, 2.24) is 15.6 Å². The molecule has 2 aliphatic rings. The Morgan fingerprint density at radius 1 is 1.00 bits per heavy atom. The predicted octanol–water partition coefficient (Wildman–Crippen LogP) is 3.50. The summed E-state index contributed by atoms with van der Waals surface area (Å²) in [6.07, 6.45) is 7.46. The number of pyridine rings is 1. The number of halogens is 2. The van der Waals surface area contributed by atoms with Crippen LogP contribution in [-0.2, 0) is 0 Å². The fourth-order valence-electron chi connectivity index (χ4n) is 4.15. The van der Waals surface area contributed by atoms with Crippen LogP contribution in [0.3, 0.4) is 0 Å². The molecule has 4 rings (SSSR count). The maximum atomic E-state index is 12.9. The fourth-order valence-corrected chi connectivity index (χ4v) is 4.15. The molecule has 0 spiro atoms. The van der Waals surface area contributed by atoms with Crippen LogP contribution in [0, 0.1) is 6.92 Å². The summed E-state index contributed by atoms with van der Waals surface area (Å²) < 4.78 is 0. The highest BCUT2D eigenvalue weighted by Gasteiger charge is 2.34. The van der Waals surface area contributed by atoms with Gasteiger partial charge in [0.2, 0.25) is 0 Å². The number of anilines is 1. The molecule has 0 saturated carbocycles. The Labute approximate surface area is 183 Å². The molecule has 2 amide bonds. The van der Waals surface area contributed by atoms with E-state index in [-0.39, 0.29) is 42.7 Å². The molecule has 1 aromatic heterocycles. The van der Waals surface area contributed by atoms with E-state index in [0.717, 1.165) is 18.4 Å². The van der Waals surface area contributed by atoms with Crippen molar-refractivity contribution in [3.63, 3.8) is 0 Å². The third-order valence-electron chi connectivity index (χ3n) is 5.51. The van der Waals surface area contributed by atoms with Crippen molar-refractivity contribution in [1.29, 1.82) is 0 Å². The Hall–Kier alpha value is -2.15. The van der Waals surface area contributed by atoms with E-state index in [4.69, 9.17) is 0 Å². The van der Waals surface area contributed by atoms with Crippen LogP contribution in [0.25, 0.3) is 0 Å². The number of amides is 2. The van der Waals surface area contributed by atoms with Crippen LogP contribution in [0.15, 0.2) is 42.7 Å². The number of nitrogens with one attached hydrogen (secondary N) is 3. The Bertz CT molecular complexity index is 851. The minimum Gasteiger partial charge on any atom is -0.349 e. The number of aryl methyl sites for hydroxylation is 1. The number of nitrogens with zero attached hydrogens (tertiary/aromatic N) is 1. The van der Waals surface area contributed by atoms with Gasteiger partial charge in [-0.05, 0) is 56.4 Å². The number of carbonyl (C=O) groups excluding carboxylic acids is 2. The SMILES string of the molecule is Cc1cccc(C(=O)NC2CC3CCC(C2)N3)c1NC(=O)c1ccncc1.Cl.Cl. The summed E-state index contributed by atoms with van der Waals surface area (Å²) in [5.41, 5.74) is 2.43. The Kier molecular flexibility index (Phi) is 8.02. The van der Waals surface area contributed by atoms with Gasteiger partial charge in [0, 0.05) is 36.1 Å². The van der Waals surface area contributed by atoms with Gasteiger partial charge in [-0.1, -0.05) is 12.1 Å². The number of hydrogen-bond acceptors (Lipinski definition) is 4. The highest BCUT2D eigenvalue weighted by atomic mass is 35.5. The first-order chi connectivity index (χ1) is 13.1. The maximum Gasteiger partial charge on any atom is 0.255 e. The zero-order valence-electron chi connectivity index (χ0n) is 16.2. The molecule has 2 aliphatic heterocycles. The average Bonchev–Trinajstić information content (AvgIpc) is 3.02. The number of rotatable bonds is 4. The average molecular weight is 437 g/mol. The third-order valence-corrected chi connectivity index (χ3v) is 5.51. The number of aromatic nitrogens is 1. The number of fused-ring (bicyclic) bond motifs is 2.